The average Bonchev–Trinajstić information content (AvgIpc) is 2.93. The van der Waals surface area contributed by atoms with E-state index in [0.717, 1.165) is 38.5 Å². The Labute approximate surface area is 206 Å². The SMILES string of the molecule is C[C@]12CC[C@@H]3c4ccc(OP5(Cl)=NP(Cl)(Cl)=NP(Cl)(Cl)=N5)cc4CC[C@H]3[C@@H]1CC[C@@H]2O. The zero-order valence-electron chi connectivity index (χ0n) is 16.7. The quantitative estimate of drug-likeness (QED) is 0.352. The van der Waals surface area contributed by atoms with E-state index in [1.807, 2.05) is 12.1 Å². The first-order valence-electron chi connectivity index (χ1n) is 10.3. The van der Waals surface area contributed by atoms with Crippen LogP contribution in [0.5, 0.6) is 5.75 Å². The van der Waals surface area contributed by atoms with Crippen LogP contribution in [0, 0.1) is 17.3 Å². The summed E-state index contributed by atoms with van der Waals surface area (Å²) >= 11 is 31.2. The molecule has 172 valence electrons. The number of rotatable bonds is 2. The van der Waals surface area contributed by atoms with Crippen molar-refractivity contribution in [2.75, 3.05) is 0 Å². The van der Waals surface area contributed by atoms with E-state index in [2.05, 4.69) is 26.5 Å². The second kappa shape index (κ2) is 8.08. The van der Waals surface area contributed by atoms with E-state index in [1.54, 1.807) is 0 Å². The first-order valence-corrected chi connectivity index (χ1v) is 19.8. The van der Waals surface area contributed by atoms with Crippen LogP contribution in [0.3, 0.4) is 0 Å². The van der Waals surface area contributed by atoms with Crippen LogP contribution >= 0.6 is 74.8 Å². The highest BCUT2D eigenvalue weighted by Gasteiger charge is 2.54. The van der Waals surface area contributed by atoms with Gasteiger partial charge in [-0.3, -0.25) is 0 Å². The standard InChI is InChI=1S/C18H23Cl5N3O2P3/c1-18-9-8-14-13-5-3-12(28-31(23)25-29(19,20)24-30(21,22)26-31)10-11(13)2-4-15(14)16(18)6-7-17(18)27/h3,5,10,14-17,27H,2,4,6-9H2,1H3/t14-,15-,16+,17+,18+/m1/s1. The summed E-state index contributed by atoms with van der Waals surface area (Å²) in [5, 5.41) is 10.6. The van der Waals surface area contributed by atoms with Crippen LogP contribution in [-0.4, -0.2) is 11.2 Å². The number of benzene rings is 1. The molecule has 3 aliphatic carbocycles. The highest BCUT2D eigenvalue weighted by Crippen LogP contribution is 2.86. The normalized spacial score (nSPS) is 42.2. The van der Waals surface area contributed by atoms with E-state index >= 15 is 0 Å². The predicted octanol–water partition coefficient (Wildman–Crippen LogP) is 10.3. The highest BCUT2D eigenvalue weighted by molar-refractivity contribution is 8.22. The fourth-order valence-corrected chi connectivity index (χ4v) is 22.7. The second-order valence-corrected chi connectivity index (χ2v) is 22.3. The Kier molecular flexibility index (Phi) is 6.21. The van der Waals surface area contributed by atoms with Crippen molar-refractivity contribution in [1.29, 1.82) is 0 Å². The summed E-state index contributed by atoms with van der Waals surface area (Å²) in [5.41, 5.74) is 2.72. The van der Waals surface area contributed by atoms with E-state index in [1.165, 1.54) is 11.1 Å². The van der Waals surface area contributed by atoms with Crippen molar-refractivity contribution in [3.8, 4) is 5.75 Å². The number of aliphatic hydroxyl groups excluding tert-OH is 1. The lowest BCUT2D eigenvalue weighted by molar-refractivity contribution is -0.0226. The molecule has 1 unspecified atom stereocenters. The third kappa shape index (κ3) is 4.44. The van der Waals surface area contributed by atoms with Gasteiger partial charge in [0.25, 0.3) is 11.8 Å². The molecule has 0 aromatic heterocycles. The van der Waals surface area contributed by atoms with Crippen molar-refractivity contribution in [1.82, 2.24) is 0 Å². The Morgan fingerprint density at radius 1 is 1.00 bits per heavy atom. The molecule has 0 saturated heterocycles. The summed E-state index contributed by atoms with van der Waals surface area (Å²) in [6, 6.07) is 6.07. The molecule has 5 nitrogen and oxygen atoms in total. The minimum absolute atomic E-state index is 0.0731. The topological polar surface area (TPSA) is 66.5 Å². The molecule has 1 aromatic carbocycles. The van der Waals surface area contributed by atoms with Crippen molar-refractivity contribution in [2.45, 2.75) is 57.5 Å². The summed E-state index contributed by atoms with van der Waals surface area (Å²) in [5.74, 6) is -3.93. The molecular formula is C18H23Cl5N3O2P3. The van der Waals surface area contributed by atoms with Crippen molar-refractivity contribution >= 4 is 74.8 Å². The fourth-order valence-electron chi connectivity index (χ4n) is 6.21. The molecule has 4 aliphatic rings. The van der Waals surface area contributed by atoms with Crippen LogP contribution in [0.2, 0.25) is 0 Å². The van der Waals surface area contributed by atoms with Gasteiger partial charge in [0.15, 0.2) is 0 Å². The highest BCUT2D eigenvalue weighted by atomic mass is 35.9. The van der Waals surface area contributed by atoms with Gasteiger partial charge in [0.2, 0.25) is 0 Å². The molecule has 1 heterocycles. The number of aryl methyl sites for hydroxylation is 1. The number of hydrogen-bond donors (Lipinski definition) is 1. The van der Waals surface area contributed by atoms with E-state index in [-0.39, 0.29) is 11.5 Å². The minimum atomic E-state index is -3.25. The van der Waals surface area contributed by atoms with Gasteiger partial charge >= 0.3 is 6.78 Å². The Balaban J connectivity index is 1.43. The molecule has 2 fully saturated rings. The van der Waals surface area contributed by atoms with E-state index in [9.17, 15) is 5.11 Å². The van der Waals surface area contributed by atoms with E-state index < -0.39 is 18.6 Å². The summed E-state index contributed by atoms with van der Waals surface area (Å²) in [6.07, 6.45) is 6.18. The molecule has 2 saturated carbocycles. The lowest BCUT2D eigenvalue weighted by atomic mass is 9.55. The van der Waals surface area contributed by atoms with Crippen molar-refractivity contribution < 1.29 is 9.63 Å². The molecule has 0 radical (unpaired) electrons. The molecular weight excluding hydrogens is 560 g/mol. The molecule has 6 atom stereocenters. The molecule has 1 N–H and O–H groups in total. The van der Waals surface area contributed by atoms with Gasteiger partial charge in [0, 0.05) is 0 Å². The van der Waals surface area contributed by atoms with Crippen LogP contribution < -0.4 is 4.52 Å². The zero-order valence-corrected chi connectivity index (χ0v) is 23.2. The Morgan fingerprint density at radius 2 is 1.74 bits per heavy atom. The summed E-state index contributed by atoms with van der Waals surface area (Å²) in [6.45, 7) is -0.963. The lowest BCUT2D eigenvalue weighted by Crippen LogP contribution is -2.43. The van der Waals surface area contributed by atoms with E-state index in [4.69, 9.17) is 60.7 Å². The zero-order chi connectivity index (χ0) is 22.2. The second-order valence-electron chi connectivity index (χ2n) is 9.16. The van der Waals surface area contributed by atoms with Crippen LogP contribution in [0.1, 0.15) is 56.1 Å². The van der Waals surface area contributed by atoms with Gasteiger partial charge < -0.3 is 9.63 Å². The summed E-state index contributed by atoms with van der Waals surface area (Å²) in [7, 11) is 0. The van der Waals surface area contributed by atoms with Gasteiger partial charge in [-0.05, 0) is 141 Å². The maximum absolute atomic E-state index is 10.6. The van der Waals surface area contributed by atoms with Gasteiger partial charge in [0.05, 0.1) is 6.10 Å². The van der Waals surface area contributed by atoms with Crippen LogP contribution in [0.4, 0.5) is 0 Å². The van der Waals surface area contributed by atoms with Crippen LogP contribution in [-0.2, 0) is 6.42 Å². The molecule has 13 heteroatoms. The molecule has 0 bridgehead atoms. The summed E-state index contributed by atoms with van der Waals surface area (Å²) in [4.78, 5) is 0. The molecule has 31 heavy (non-hydrogen) atoms. The van der Waals surface area contributed by atoms with Crippen molar-refractivity contribution in [3.05, 3.63) is 29.3 Å². The average molecular weight is 584 g/mol. The number of halogens is 5. The number of hydrogen-bond acceptors (Lipinski definition) is 5. The first-order chi connectivity index (χ1) is 14.4. The summed E-state index contributed by atoms with van der Waals surface area (Å²) < 4.78 is 18.2. The van der Waals surface area contributed by atoms with Crippen molar-refractivity contribution in [2.24, 2.45) is 30.8 Å². The Morgan fingerprint density at radius 3 is 2.48 bits per heavy atom. The number of aliphatic hydroxyl groups is 1. The minimum Gasteiger partial charge on any atom is -0.431 e. The Hall–Kier alpha value is 1.12. The molecule has 1 aliphatic heterocycles. The smallest absolute Gasteiger partial charge is 0.350 e. The lowest BCUT2D eigenvalue weighted by Gasteiger charge is -2.50. The van der Waals surface area contributed by atoms with Crippen LogP contribution in [0.15, 0.2) is 31.7 Å². The van der Waals surface area contributed by atoms with Crippen LogP contribution in [0.25, 0.3) is 0 Å². The third-order valence-electron chi connectivity index (χ3n) is 7.52. The molecule has 5 rings (SSSR count). The van der Waals surface area contributed by atoms with Gasteiger partial charge in [-0.2, -0.15) is 13.5 Å². The van der Waals surface area contributed by atoms with Crippen molar-refractivity contribution in [3.63, 3.8) is 0 Å². The Bertz CT molecular complexity index is 1100. The maximum Gasteiger partial charge on any atom is 0.350 e. The first kappa shape index (κ1) is 23.8. The van der Waals surface area contributed by atoms with Gasteiger partial charge in [0.1, 0.15) is 5.75 Å². The third-order valence-corrected chi connectivity index (χ3v) is 19.5. The molecule has 0 spiro atoms. The van der Waals surface area contributed by atoms with Gasteiger partial charge in [-0.25, -0.2) is 0 Å². The predicted molar refractivity (Wildman–Crippen MR) is 135 cm³/mol. The van der Waals surface area contributed by atoms with E-state index in [0.29, 0.717) is 23.5 Å². The maximum atomic E-state index is 10.6. The number of fused-ring (bicyclic) bond motifs is 5. The largest absolute Gasteiger partial charge is 0.431 e. The van der Waals surface area contributed by atoms with Gasteiger partial charge in [-0.15, -0.1) is 0 Å². The molecule has 1 aromatic rings. The fraction of sp³-hybridized carbons (Fsp3) is 0.667. The monoisotopic (exact) mass is 581 g/mol. The molecule has 0 amide bonds. The number of nitrogens with zero attached hydrogens (tertiary/aromatic N) is 3. The van der Waals surface area contributed by atoms with Gasteiger partial charge in [-0.1, -0.05) is 13.0 Å².